The van der Waals surface area contributed by atoms with E-state index in [2.05, 4.69) is 4.72 Å². The molecule has 0 atom stereocenters. The summed E-state index contributed by atoms with van der Waals surface area (Å²) in [5.74, 6) is 0. The molecule has 0 aliphatic carbocycles. The van der Waals surface area contributed by atoms with Crippen LogP contribution in [0, 0.1) is 13.8 Å². The van der Waals surface area contributed by atoms with E-state index in [-0.39, 0.29) is 10.6 Å². The Kier molecular flexibility index (Phi) is 4.66. The first-order valence-electron chi connectivity index (χ1n) is 8.61. The highest BCUT2D eigenvalue weighted by molar-refractivity contribution is 7.92. The van der Waals surface area contributed by atoms with Gasteiger partial charge in [0.25, 0.3) is 10.0 Å². The Hall–Kier alpha value is -2.54. The highest BCUT2D eigenvalue weighted by Crippen LogP contribution is 2.22. The monoisotopic (exact) mass is 373 g/mol. The van der Waals surface area contributed by atoms with Crippen molar-refractivity contribution in [3.63, 3.8) is 0 Å². The van der Waals surface area contributed by atoms with Crippen LogP contribution in [0.3, 0.4) is 0 Å². The van der Waals surface area contributed by atoms with Crippen molar-refractivity contribution in [3.05, 3.63) is 58.0 Å². The van der Waals surface area contributed by atoms with E-state index in [9.17, 15) is 13.2 Å². The van der Waals surface area contributed by atoms with Gasteiger partial charge in [-0.3, -0.25) is 13.9 Å². The molecular formula is C19H23N3O3S. The van der Waals surface area contributed by atoms with Crippen molar-refractivity contribution >= 4 is 26.7 Å². The van der Waals surface area contributed by atoms with Crippen LogP contribution in [0.2, 0.25) is 0 Å². The van der Waals surface area contributed by atoms with E-state index in [4.69, 9.17) is 0 Å². The largest absolute Gasteiger partial charge is 0.329 e. The zero-order valence-electron chi connectivity index (χ0n) is 15.4. The molecule has 1 N–H and O–H groups in total. The number of sulfonamides is 1. The van der Waals surface area contributed by atoms with Crippen molar-refractivity contribution in [1.82, 2.24) is 9.13 Å². The summed E-state index contributed by atoms with van der Waals surface area (Å²) in [6.45, 7) is 8.63. The number of nitrogens with zero attached hydrogens (tertiary/aromatic N) is 2. The average Bonchev–Trinajstić information content (AvgIpc) is 2.83. The van der Waals surface area contributed by atoms with Gasteiger partial charge in [-0.2, -0.15) is 0 Å². The predicted octanol–water partition coefficient (Wildman–Crippen LogP) is 3.26. The van der Waals surface area contributed by atoms with E-state index in [1.54, 1.807) is 39.5 Å². The number of aryl methyl sites for hydroxylation is 4. The standard InChI is InChI=1S/C19H23N3O3S/c1-5-21-17-8-7-16(12-18(17)22(6-2)19(21)23)26(24,25)20-15-10-13(3)9-14(4)11-15/h7-12,20H,5-6H2,1-4H3. The van der Waals surface area contributed by atoms with Crippen molar-refractivity contribution in [3.8, 4) is 0 Å². The van der Waals surface area contributed by atoms with Gasteiger partial charge in [-0.05, 0) is 69.2 Å². The third-order valence-corrected chi connectivity index (χ3v) is 5.79. The first kappa shape index (κ1) is 18.3. The van der Waals surface area contributed by atoms with Gasteiger partial charge in [0.1, 0.15) is 0 Å². The van der Waals surface area contributed by atoms with Crippen LogP contribution >= 0.6 is 0 Å². The Morgan fingerprint density at radius 2 is 1.46 bits per heavy atom. The molecule has 0 saturated heterocycles. The minimum Gasteiger partial charge on any atom is -0.292 e. The SMILES string of the molecule is CCn1c(=O)n(CC)c2cc(S(=O)(=O)Nc3cc(C)cc(C)c3)ccc21. The van der Waals surface area contributed by atoms with Crippen molar-refractivity contribution < 1.29 is 8.42 Å². The number of anilines is 1. The molecule has 6 nitrogen and oxygen atoms in total. The Morgan fingerprint density at radius 1 is 0.885 bits per heavy atom. The summed E-state index contributed by atoms with van der Waals surface area (Å²) >= 11 is 0. The third kappa shape index (κ3) is 3.14. The lowest BCUT2D eigenvalue weighted by molar-refractivity contribution is 0.601. The molecule has 138 valence electrons. The predicted molar refractivity (Wildman–Crippen MR) is 104 cm³/mol. The van der Waals surface area contributed by atoms with E-state index >= 15 is 0 Å². The molecule has 0 amide bonds. The van der Waals surface area contributed by atoms with E-state index in [0.717, 1.165) is 16.6 Å². The quantitative estimate of drug-likeness (QED) is 0.746. The molecule has 0 spiro atoms. The maximum atomic E-state index is 12.8. The fraction of sp³-hybridized carbons (Fsp3) is 0.316. The Balaban J connectivity index is 2.10. The molecular weight excluding hydrogens is 350 g/mol. The Bertz CT molecular complexity index is 1120. The third-order valence-electron chi connectivity index (χ3n) is 4.41. The Morgan fingerprint density at radius 3 is 2.04 bits per heavy atom. The second-order valence-electron chi connectivity index (χ2n) is 6.40. The summed E-state index contributed by atoms with van der Waals surface area (Å²) in [7, 11) is -3.75. The van der Waals surface area contributed by atoms with Gasteiger partial charge in [0.2, 0.25) is 0 Å². The number of fused-ring (bicyclic) bond motifs is 1. The molecule has 0 saturated carbocycles. The minimum atomic E-state index is -3.75. The first-order chi connectivity index (χ1) is 12.3. The number of nitrogens with one attached hydrogen (secondary N) is 1. The number of aromatic nitrogens is 2. The smallest absolute Gasteiger partial charge is 0.292 e. The summed E-state index contributed by atoms with van der Waals surface area (Å²) < 4.78 is 31.5. The van der Waals surface area contributed by atoms with Gasteiger partial charge in [0, 0.05) is 18.8 Å². The molecule has 3 rings (SSSR count). The lowest BCUT2D eigenvalue weighted by Crippen LogP contribution is -2.23. The van der Waals surface area contributed by atoms with E-state index in [1.807, 2.05) is 33.8 Å². The lowest BCUT2D eigenvalue weighted by Gasteiger charge is -2.10. The Labute approximate surface area is 153 Å². The zero-order chi connectivity index (χ0) is 19.1. The molecule has 26 heavy (non-hydrogen) atoms. The van der Waals surface area contributed by atoms with Crippen molar-refractivity contribution in [2.75, 3.05) is 4.72 Å². The van der Waals surface area contributed by atoms with Gasteiger partial charge >= 0.3 is 5.69 Å². The number of benzene rings is 2. The maximum absolute atomic E-state index is 12.8. The molecule has 0 unspecified atom stereocenters. The van der Waals surface area contributed by atoms with Crippen LogP contribution in [-0.4, -0.2) is 17.6 Å². The summed E-state index contributed by atoms with van der Waals surface area (Å²) in [6, 6.07) is 10.4. The molecule has 2 aromatic carbocycles. The van der Waals surface area contributed by atoms with Crippen LogP contribution in [0.4, 0.5) is 5.69 Å². The van der Waals surface area contributed by atoms with Crippen LogP contribution in [0.5, 0.6) is 0 Å². The second kappa shape index (κ2) is 6.64. The van der Waals surface area contributed by atoms with Gasteiger partial charge in [-0.25, -0.2) is 13.2 Å². The molecule has 1 aromatic heterocycles. The molecule has 3 aromatic rings. The summed E-state index contributed by atoms with van der Waals surface area (Å²) in [4.78, 5) is 12.6. The van der Waals surface area contributed by atoms with E-state index in [0.29, 0.717) is 24.3 Å². The lowest BCUT2D eigenvalue weighted by atomic mass is 10.1. The van der Waals surface area contributed by atoms with Gasteiger partial charge in [-0.1, -0.05) is 6.07 Å². The summed E-state index contributed by atoms with van der Waals surface area (Å²) in [5, 5.41) is 0. The molecule has 0 bridgehead atoms. The van der Waals surface area contributed by atoms with Gasteiger partial charge in [0.15, 0.2) is 0 Å². The van der Waals surface area contributed by atoms with Gasteiger partial charge < -0.3 is 0 Å². The number of hydrogen-bond acceptors (Lipinski definition) is 3. The maximum Gasteiger partial charge on any atom is 0.329 e. The molecule has 0 aliphatic heterocycles. The first-order valence-corrected chi connectivity index (χ1v) is 10.1. The van der Waals surface area contributed by atoms with Crippen LogP contribution < -0.4 is 10.4 Å². The minimum absolute atomic E-state index is 0.123. The van der Waals surface area contributed by atoms with Gasteiger partial charge in [-0.15, -0.1) is 0 Å². The molecule has 0 aliphatic rings. The van der Waals surface area contributed by atoms with Crippen molar-refractivity contribution in [2.24, 2.45) is 0 Å². The zero-order valence-corrected chi connectivity index (χ0v) is 16.2. The fourth-order valence-electron chi connectivity index (χ4n) is 3.33. The fourth-order valence-corrected chi connectivity index (χ4v) is 4.39. The second-order valence-corrected chi connectivity index (χ2v) is 8.09. The van der Waals surface area contributed by atoms with E-state index < -0.39 is 10.0 Å². The van der Waals surface area contributed by atoms with Gasteiger partial charge in [0.05, 0.1) is 15.9 Å². The van der Waals surface area contributed by atoms with Crippen LogP contribution in [0.25, 0.3) is 11.0 Å². The highest BCUT2D eigenvalue weighted by atomic mass is 32.2. The van der Waals surface area contributed by atoms with Crippen molar-refractivity contribution in [2.45, 2.75) is 45.7 Å². The molecule has 0 radical (unpaired) electrons. The van der Waals surface area contributed by atoms with E-state index in [1.165, 1.54) is 0 Å². The molecule has 1 heterocycles. The van der Waals surface area contributed by atoms with Crippen molar-refractivity contribution in [1.29, 1.82) is 0 Å². The average molecular weight is 373 g/mol. The van der Waals surface area contributed by atoms with Crippen LogP contribution in [-0.2, 0) is 23.1 Å². The highest BCUT2D eigenvalue weighted by Gasteiger charge is 2.18. The topological polar surface area (TPSA) is 73.1 Å². The number of imidazole rings is 1. The van der Waals surface area contributed by atoms with Crippen LogP contribution in [0.15, 0.2) is 46.1 Å². The number of hydrogen-bond donors (Lipinski definition) is 1. The molecule has 0 fully saturated rings. The summed E-state index contributed by atoms with van der Waals surface area (Å²) in [5.41, 5.74) is 3.74. The van der Waals surface area contributed by atoms with Crippen LogP contribution in [0.1, 0.15) is 25.0 Å². The number of rotatable bonds is 5. The normalized spacial score (nSPS) is 11.8. The molecule has 7 heteroatoms. The summed E-state index contributed by atoms with van der Waals surface area (Å²) in [6.07, 6.45) is 0.